The van der Waals surface area contributed by atoms with Crippen LogP contribution in [0.5, 0.6) is 5.88 Å². The molecule has 1 aromatic rings. The van der Waals surface area contributed by atoms with Crippen LogP contribution in [-0.2, 0) is 0 Å². The standard InChI is InChI=1S/C14H24N4O/c1-19-13-8-9-16-14(18-13)17-11-10-15-12-6-4-2-3-5-7-12/h8-9,12,15H,2-7,10-11H2,1H3,(H,16,17,18). The summed E-state index contributed by atoms with van der Waals surface area (Å²) in [5.74, 6) is 1.22. The summed E-state index contributed by atoms with van der Waals surface area (Å²) in [6.07, 6.45) is 9.86. The van der Waals surface area contributed by atoms with E-state index in [1.165, 1.54) is 38.5 Å². The van der Waals surface area contributed by atoms with Gasteiger partial charge in [-0.15, -0.1) is 0 Å². The van der Waals surface area contributed by atoms with Crippen LogP contribution in [0.4, 0.5) is 5.95 Å². The van der Waals surface area contributed by atoms with Gasteiger partial charge in [0, 0.05) is 31.4 Å². The molecule has 5 nitrogen and oxygen atoms in total. The molecule has 5 heteroatoms. The maximum Gasteiger partial charge on any atom is 0.225 e. The van der Waals surface area contributed by atoms with Crippen molar-refractivity contribution in [3.63, 3.8) is 0 Å². The number of aromatic nitrogens is 2. The van der Waals surface area contributed by atoms with Gasteiger partial charge in [0.15, 0.2) is 0 Å². The summed E-state index contributed by atoms with van der Waals surface area (Å²) in [6, 6.07) is 2.44. The number of anilines is 1. The van der Waals surface area contributed by atoms with E-state index < -0.39 is 0 Å². The quantitative estimate of drug-likeness (QED) is 0.609. The number of ether oxygens (including phenoxy) is 1. The molecular weight excluding hydrogens is 240 g/mol. The van der Waals surface area contributed by atoms with E-state index >= 15 is 0 Å². The third-order valence-corrected chi connectivity index (χ3v) is 3.54. The highest BCUT2D eigenvalue weighted by molar-refractivity contribution is 5.27. The molecule has 0 unspecified atom stereocenters. The number of methoxy groups -OCH3 is 1. The Morgan fingerprint density at radius 3 is 2.74 bits per heavy atom. The van der Waals surface area contributed by atoms with Crippen molar-refractivity contribution in [1.29, 1.82) is 0 Å². The lowest BCUT2D eigenvalue weighted by molar-refractivity contribution is 0.397. The first-order valence-corrected chi connectivity index (χ1v) is 7.23. The van der Waals surface area contributed by atoms with Crippen molar-refractivity contribution in [3.05, 3.63) is 12.3 Å². The van der Waals surface area contributed by atoms with E-state index in [4.69, 9.17) is 4.74 Å². The van der Waals surface area contributed by atoms with Gasteiger partial charge in [-0.2, -0.15) is 4.98 Å². The van der Waals surface area contributed by atoms with Gasteiger partial charge in [0.2, 0.25) is 11.8 Å². The van der Waals surface area contributed by atoms with E-state index in [2.05, 4.69) is 20.6 Å². The van der Waals surface area contributed by atoms with Gasteiger partial charge >= 0.3 is 0 Å². The van der Waals surface area contributed by atoms with Crippen molar-refractivity contribution in [2.24, 2.45) is 0 Å². The van der Waals surface area contributed by atoms with Gasteiger partial charge in [0.25, 0.3) is 0 Å². The van der Waals surface area contributed by atoms with Crippen LogP contribution in [0.15, 0.2) is 12.3 Å². The van der Waals surface area contributed by atoms with Gasteiger partial charge in [-0.3, -0.25) is 0 Å². The first kappa shape index (κ1) is 14.1. The molecule has 1 heterocycles. The normalized spacial score (nSPS) is 16.9. The van der Waals surface area contributed by atoms with Crippen LogP contribution in [0.25, 0.3) is 0 Å². The molecule has 0 bridgehead atoms. The topological polar surface area (TPSA) is 59.1 Å². The summed E-state index contributed by atoms with van der Waals surface area (Å²) in [7, 11) is 1.61. The first-order chi connectivity index (χ1) is 9.38. The molecule has 19 heavy (non-hydrogen) atoms. The highest BCUT2D eigenvalue weighted by Gasteiger charge is 2.10. The average Bonchev–Trinajstić information content (AvgIpc) is 2.72. The largest absolute Gasteiger partial charge is 0.481 e. The fraction of sp³-hybridized carbons (Fsp3) is 0.714. The number of hydrogen-bond donors (Lipinski definition) is 2. The Morgan fingerprint density at radius 2 is 2.00 bits per heavy atom. The van der Waals surface area contributed by atoms with E-state index in [1.807, 2.05) is 0 Å². The van der Waals surface area contributed by atoms with Crippen LogP contribution in [0.1, 0.15) is 38.5 Å². The second-order valence-corrected chi connectivity index (χ2v) is 4.99. The van der Waals surface area contributed by atoms with Gasteiger partial charge in [-0.05, 0) is 12.8 Å². The predicted molar refractivity (Wildman–Crippen MR) is 76.6 cm³/mol. The number of rotatable bonds is 6. The lowest BCUT2D eigenvalue weighted by atomic mass is 10.1. The molecule has 0 aliphatic heterocycles. The van der Waals surface area contributed by atoms with Crippen LogP contribution in [0.2, 0.25) is 0 Å². The molecular formula is C14H24N4O. The highest BCUT2D eigenvalue weighted by Crippen LogP contribution is 2.16. The zero-order valence-corrected chi connectivity index (χ0v) is 11.7. The third kappa shape index (κ3) is 5.03. The second-order valence-electron chi connectivity index (χ2n) is 4.99. The molecule has 2 N–H and O–H groups in total. The summed E-state index contributed by atoms with van der Waals surface area (Å²) in [4.78, 5) is 8.38. The van der Waals surface area contributed by atoms with Gasteiger partial charge in [-0.25, -0.2) is 4.98 Å². The SMILES string of the molecule is COc1ccnc(NCCNC2CCCCCC2)n1. The Hall–Kier alpha value is -1.36. The summed E-state index contributed by atoms with van der Waals surface area (Å²) in [5.41, 5.74) is 0. The summed E-state index contributed by atoms with van der Waals surface area (Å²) >= 11 is 0. The van der Waals surface area contributed by atoms with E-state index in [0.29, 0.717) is 17.9 Å². The Kier molecular flexibility index (Phi) is 5.88. The number of hydrogen-bond acceptors (Lipinski definition) is 5. The maximum absolute atomic E-state index is 5.06. The summed E-state index contributed by atoms with van der Waals surface area (Å²) < 4.78 is 5.06. The summed E-state index contributed by atoms with van der Waals surface area (Å²) in [5, 5.41) is 6.82. The van der Waals surface area contributed by atoms with Gasteiger partial charge in [0.05, 0.1) is 7.11 Å². The maximum atomic E-state index is 5.06. The Morgan fingerprint density at radius 1 is 1.21 bits per heavy atom. The van der Waals surface area contributed by atoms with Crippen molar-refractivity contribution < 1.29 is 4.74 Å². The predicted octanol–water partition coefficient (Wildman–Crippen LogP) is 2.21. The number of nitrogens with one attached hydrogen (secondary N) is 2. The van der Waals surface area contributed by atoms with E-state index in [0.717, 1.165) is 13.1 Å². The second kappa shape index (κ2) is 7.94. The molecule has 0 amide bonds. The van der Waals surface area contributed by atoms with Gasteiger partial charge < -0.3 is 15.4 Å². The van der Waals surface area contributed by atoms with Gasteiger partial charge in [-0.1, -0.05) is 25.7 Å². The van der Waals surface area contributed by atoms with Crippen LogP contribution in [0, 0.1) is 0 Å². The monoisotopic (exact) mass is 264 g/mol. The number of nitrogens with zero attached hydrogens (tertiary/aromatic N) is 2. The third-order valence-electron chi connectivity index (χ3n) is 3.54. The zero-order valence-electron chi connectivity index (χ0n) is 11.7. The van der Waals surface area contributed by atoms with Crippen molar-refractivity contribution in [2.45, 2.75) is 44.6 Å². The minimum absolute atomic E-state index is 0.592. The molecule has 1 aromatic heterocycles. The van der Waals surface area contributed by atoms with E-state index in [9.17, 15) is 0 Å². The smallest absolute Gasteiger partial charge is 0.225 e. The molecule has 0 spiro atoms. The average molecular weight is 264 g/mol. The fourth-order valence-electron chi connectivity index (χ4n) is 2.48. The molecule has 0 saturated heterocycles. The molecule has 1 aliphatic rings. The Labute approximate surface area is 115 Å². The first-order valence-electron chi connectivity index (χ1n) is 7.23. The van der Waals surface area contributed by atoms with Crippen LogP contribution in [0.3, 0.4) is 0 Å². The Balaban J connectivity index is 1.65. The molecule has 0 radical (unpaired) electrons. The van der Waals surface area contributed by atoms with Crippen LogP contribution >= 0.6 is 0 Å². The van der Waals surface area contributed by atoms with Crippen molar-refractivity contribution in [2.75, 3.05) is 25.5 Å². The zero-order chi connectivity index (χ0) is 13.3. The lowest BCUT2D eigenvalue weighted by Gasteiger charge is -2.16. The molecule has 1 aliphatic carbocycles. The minimum Gasteiger partial charge on any atom is -0.481 e. The lowest BCUT2D eigenvalue weighted by Crippen LogP contribution is -2.32. The molecule has 106 valence electrons. The fourth-order valence-corrected chi connectivity index (χ4v) is 2.48. The molecule has 0 aromatic carbocycles. The van der Waals surface area contributed by atoms with Crippen molar-refractivity contribution in [1.82, 2.24) is 15.3 Å². The Bertz CT molecular complexity index is 364. The molecule has 0 atom stereocenters. The van der Waals surface area contributed by atoms with Crippen LogP contribution < -0.4 is 15.4 Å². The molecule has 2 rings (SSSR count). The van der Waals surface area contributed by atoms with E-state index in [-0.39, 0.29) is 0 Å². The van der Waals surface area contributed by atoms with Crippen LogP contribution in [-0.4, -0.2) is 36.2 Å². The molecule has 1 fully saturated rings. The van der Waals surface area contributed by atoms with Gasteiger partial charge in [0.1, 0.15) is 0 Å². The minimum atomic E-state index is 0.592. The molecule has 1 saturated carbocycles. The van der Waals surface area contributed by atoms with Crippen molar-refractivity contribution >= 4 is 5.95 Å². The van der Waals surface area contributed by atoms with E-state index in [1.54, 1.807) is 19.4 Å². The highest BCUT2D eigenvalue weighted by atomic mass is 16.5. The van der Waals surface area contributed by atoms with Crippen molar-refractivity contribution in [3.8, 4) is 5.88 Å². The summed E-state index contributed by atoms with van der Waals surface area (Å²) in [6.45, 7) is 1.79.